The van der Waals surface area contributed by atoms with Crippen molar-refractivity contribution >= 4 is 0 Å². The average Bonchev–Trinajstić information content (AvgIpc) is 3.32. The number of hydrogen-bond acceptors (Lipinski definition) is 2. The SMILES string of the molecule is CC1(C2CC2)CN(C2CC2)C(c2ccccc2)CN1. The summed E-state index contributed by atoms with van der Waals surface area (Å²) in [6.07, 6.45) is 5.67. The first-order valence-corrected chi connectivity index (χ1v) is 7.82. The lowest BCUT2D eigenvalue weighted by Crippen LogP contribution is -2.61. The van der Waals surface area contributed by atoms with Crippen molar-refractivity contribution in [1.29, 1.82) is 0 Å². The molecule has 19 heavy (non-hydrogen) atoms. The van der Waals surface area contributed by atoms with Crippen molar-refractivity contribution in [3.8, 4) is 0 Å². The maximum Gasteiger partial charge on any atom is 0.0476 e. The maximum absolute atomic E-state index is 3.88. The highest BCUT2D eigenvalue weighted by Crippen LogP contribution is 2.45. The van der Waals surface area contributed by atoms with Crippen molar-refractivity contribution in [3.63, 3.8) is 0 Å². The average molecular weight is 256 g/mol. The maximum atomic E-state index is 3.88. The van der Waals surface area contributed by atoms with Crippen LogP contribution in [0.15, 0.2) is 30.3 Å². The minimum Gasteiger partial charge on any atom is -0.308 e. The predicted octanol–water partition coefficient (Wildman–Crippen LogP) is 2.96. The van der Waals surface area contributed by atoms with Gasteiger partial charge >= 0.3 is 0 Å². The Morgan fingerprint density at radius 1 is 1.11 bits per heavy atom. The van der Waals surface area contributed by atoms with Gasteiger partial charge < -0.3 is 5.32 Å². The molecular weight excluding hydrogens is 232 g/mol. The van der Waals surface area contributed by atoms with Crippen molar-refractivity contribution < 1.29 is 0 Å². The van der Waals surface area contributed by atoms with Crippen LogP contribution in [-0.2, 0) is 0 Å². The van der Waals surface area contributed by atoms with Crippen LogP contribution in [0.5, 0.6) is 0 Å². The molecule has 1 aliphatic heterocycles. The number of rotatable bonds is 3. The minimum absolute atomic E-state index is 0.369. The van der Waals surface area contributed by atoms with E-state index in [9.17, 15) is 0 Å². The van der Waals surface area contributed by atoms with Gasteiger partial charge in [-0.25, -0.2) is 0 Å². The first kappa shape index (κ1) is 11.9. The van der Waals surface area contributed by atoms with E-state index >= 15 is 0 Å². The van der Waals surface area contributed by atoms with Gasteiger partial charge in [-0.15, -0.1) is 0 Å². The monoisotopic (exact) mass is 256 g/mol. The summed E-state index contributed by atoms with van der Waals surface area (Å²) >= 11 is 0. The topological polar surface area (TPSA) is 15.3 Å². The molecule has 3 fully saturated rings. The molecule has 2 aliphatic carbocycles. The van der Waals surface area contributed by atoms with Crippen LogP contribution in [0.1, 0.15) is 44.2 Å². The van der Waals surface area contributed by atoms with E-state index in [4.69, 9.17) is 0 Å². The number of nitrogens with one attached hydrogen (secondary N) is 1. The Kier molecular flexibility index (Phi) is 2.71. The number of piperazine rings is 1. The van der Waals surface area contributed by atoms with E-state index in [1.807, 2.05) is 0 Å². The molecule has 0 aromatic heterocycles. The Morgan fingerprint density at radius 2 is 1.84 bits per heavy atom. The van der Waals surface area contributed by atoms with Gasteiger partial charge in [0.15, 0.2) is 0 Å². The fraction of sp³-hybridized carbons (Fsp3) is 0.647. The Balaban J connectivity index is 1.58. The Hall–Kier alpha value is -0.860. The molecule has 2 heteroatoms. The van der Waals surface area contributed by atoms with Gasteiger partial charge in [0.1, 0.15) is 0 Å². The lowest BCUT2D eigenvalue weighted by atomic mass is 9.89. The van der Waals surface area contributed by atoms with Crippen LogP contribution in [0.4, 0.5) is 0 Å². The largest absolute Gasteiger partial charge is 0.308 e. The Morgan fingerprint density at radius 3 is 2.47 bits per heavy atom. The summed E-state index contributed by atoms with van der Waals surface area (Å²) in [7, 11) is 0. The van der Waals surface area contributed by atoms with E-state index in [1.54, 1.807) is 0 Å². The zero-order valence-corrected chi connectivity index (χ0v) is 11.8. The first-order valence-electron chi connectivity index (χ1n) is 7.82. The summed E-state index contributed by atoms with van der Waals surface area (Å²) < 4.78 is 0. The summed E-state index contributed by atoms with van der Waals surface area (Å²) in [5.41, 5.74) is 1.85. The summed E-state index contributed by atoms with van der Waals surface area (Å²) in [5, 5.41) is 3.88. The predicted molar refractivity (Wildman–Crippen MR) is 78.0 cm³/mol. The second kappa shape index (κ2) is 4.32. The number of hydrogen-bond donors (Lipinski definition) is 1. The van der Waals surface area contributed by atoms with Crippen LogP contribution in [-0.4, -0.2) is 29.6 Å². The van der Waals surface area contributed by atoms with E-state index in [0.717, 1.165) is 18.5 Å². The van der Waals surface area contributed by atoms with Crippen molar-refractivity contribution in [2.75, 3.05) is 13.1 Å². The smallest absolute Gasteiger partial charge is 0.0476 e. The molecule has 0 radical (unpaired) electrons. The third-order valence-electron chi connectivity index (χ3n) is 5.29. The normalized spacial score (nSPS) is 36.4. The molecule has 0 spiro atoms. The van der Waals surface area contributed by atoms with Gasteiger partial charge in [0, 0.05) is 30.7 Å². The van der Waals surface area contributed by atoms with Crippen molar-refractivity contribution in [3.05, 3.63) is 35.9 Å². The number of benzene rings is 1. The second-order valence-electron chi connectivity index (χ2n) is 6.90. The molecule has 1 aromatic rings. The number of nitrogens with zero attached hydrogens (tertiary/aromatic N) is 1. The van der Waals surface area contributed by atoms with Crippen LogP contribution in [0.3, 0.4) is 0 Å². The van der Waals surface area contributed by atoms with E-state index in [0.29, 0.717) is 11.6 Å². The Bertz CT molecular complexity index is 450. The molecule has 0 bridgehead atoms. The molecule has 2 unspecified atom stereocenters. The molecule has 4 rings (SSSR count). The summed E-state index contributed by atoms with van der Waals surface area (Å²) in [4.78, 5) is 2.80. The minimum atomic E-state index is 0.369. The molecule has 0 amide bonds. The highest BCUT2D eigenvalue weighted by molar-refractivity contribution is 5.22. The van der Waals surface area contributed by atoms with Gasteiger partial charge in [-0.3, -0.25) is 4.90 Å². The third-order valence-corrected chi connectivity index (χ3v) is 5.29. The van der Waals surface area contributed by atoms with E-state index in [1.165, 1.54) is 37.8 Å². The van der Waals surface area contributed by atoms with Crippen molar-refractivity contribution in [1.82, 2.24) is 10.2 Å². The quantitative estimate of drug-likeness (QED) is 0.894. The third kappa shape index (κ3) is 2.21. The molecule has 2 saturated carbocycles. The zero-order valence-electron chi connectivity index (χ0n) is 11.8. The lowest BCUT2D eigenvalue weighted by Gasteiger charge is -2.47. The van der Waals surface area contributed by atoms with Gasteiger partial charge in [0.05, 0.1) is 0 Å². The van der Waals surface area contributed by atoms with Gasteiger partial charge in [-0.1, -0.05) is 30.3 Å². The van der Waals surface area contributed by atoms with E-state index in [2.05, 4.69) is 47.5 Å². The molecule has 1 N–H and O–H groups in total. The Labute approximate surface area is 116 Å². The lowest BCUT2D eigenvalue weighted by molar-refractivity contribution is 0.0677. The second-order valence-corrected chi connectivity index (χ2v) is 6.90. The highest BCUT2D eigenvalue weighted by atomic mass is 15.3. The molecule has 2 atom stereocenters. The fourth-order valence-electron chi connectivity index (χ4n) is 3.76. The summed E-state index contributed by atoms with van der Waals surface area (Å²) in [6.45, 7) is 4.80. The van der Waals surface area contributed by atoms with Gasteiger partial charge in [-0.2, -0.15) is 0 Å². The van der Waals surface area contributed by atoms with Crippen LogP contribution in [0.2, 0.25) is 0 Å². The molecule has 1 saturated heterocycles. The van der Waals surface area contributed by atoms with Crippen LogP contribution in [0.25, 0.3) is 0 Å². The molecule has 2 nitrogen and oxygen atoms in total. The van der Waals surface area contributed by atoms with E-state index < -0.39 is 0 Å². The fourth-order valence-corrected chi connectivity index (χ4v) is 3.76. The van der Waals surface area contributed by atoms with Crippen molar-refractivity contribution in [2.45, 2.75) is 50.2 Å². The van der Waals surface area contributed by atoms with Gasteiger partial charge in [0.2, 0.25) is 0 Å². The summed E-state index contributed by atoms with van der Waals surface area (Å²) in [5.74, 6) is 0.922. The summed E-state index contributed by atoms with van der Waals surface area (Å²) in [6, 6.07) is 12.5. The van der Waals surface area contributed by atoms with Crippen LogP contribution < -0.4 is 5.32 Å². The first-order chi connectivity index (χ1) is 9.26. The van der Waals surface area contributed by atoms with Crippen molar-refractivity contribution in [2.24, 2.45) is 5.92 Å². The molecular formula is C17H24N2. The highest BCUT2D eigenvalue weighted by Gasteiger charge is 2.49. The van der Waals surface area contributed by atoms with Gasteiger partial charge in [0.25, 0.3) is 0 Å². The van der Waals surface area contributed by atoms with Gasteiger partial charge in [-0.05, 0) is 44.1 Å². The molecule has 3 aliphatic rings. The van der Waals surface area contributed by atoms with Crippen LogP contribution >= 0.6 is 0 Å². The van der Waals surface area contributed by atoms with Crippen LogP contribution in [0, 0.1) is 5.92 Å². The molecule has 1 heterocycles. The zero-order chi connectivity index (χ0) is 12.9. The molecule has 1 aromatic carbocycles. The molecule has 102 valence electrons. The van der Waals surface area contributed by atoms with E-state index in [-0.39, 0.29) is 0 Å². The standard InChI is InChI=1S/C17H24N2/c1-17(14-7-8-14)12-19(15-9-10-15)16(11-18-17)13-5-3-2-4-6-13/h2-6,14-16,18H,7-12H2,1H3.